The van der Waals surface area contributed by atoms with Gasteiger partial charge in [-0.25, -0.2) is 13.8 Å². The summed E-state index contributed by atoms with van der Waals surface area (Å²) < 4.78 is 43.5. The van der Waals surface area contributed by atoms with Crippen LogP contribution >= 0.6 is 11.3 Å². The number of thiazole rings is 1. The van der Waals surface area contributed by atoms with Gasteiger partial charge in [0.2, 0.25) is 5.91 Å². The lowest BCUT2D eigenvalue weighted by Gasteiger charge is -2.39. The number of halogens is 2. The number of likely N-dealkylation sites (tertiary alicyclic amines) is 2. The highest BCUT2D eigenvalue weighted by Gasteiger charge is 2.31. The Morgan fingerprint density at radius 3 is 2.80 bits per heavy atom. The average molecular weight is 618 g/mol. The molecule has 0 bridgehead atoms. The second-order valence-electron chi connectivity index (χ2n) is 11.1. The van der Waals surface area contributed by atoms with Crippen molar-refractivity contribution in [1.29, 1.82) is 0 Å². The molecule has 7 rings (SSSR count). The molecular weight excluding hydrogens is 588 g/mol. The minimum Gasteiger partial charge on any atom is -0.472 e. The summed E-state index contributed by atoms with van der Waals surface area (Å²) in [5.41, 5.74) is 7.86. The van der Waals surface area contributed by atoms with Crippen molar-refractivity contribution in [2.75, 3.05) is 44.3 Å². The molecule has 1 amide bonds. The van der Waals surface area contributed by atoms with E-state index in [-0.39, 0.29) is 50.4 Å². The molecule has 0 saturated carbocycles. The number of carbonyl (C=O) groups is 1. The largest absolute Gasteiger partial charge is 0.472 e. The Hall–Kier alpha value is -4.62. The first-order valence-corrected chi connectivity index (χ1v) is 15.0. The molecule has 13 heteroatoms. The van der Waals surface area contributed by atoms with Gasteiger partial charge in [-0.3, -0.25) is 4.79 Å². The van der Waals surface area contributed by atoms with Crippen molar-refractivity contribution in [3.05, 3.63) is 61.1 Å². The number of carbonyl (C=O) groups excluding carboxylic acids is 1. The van der Waals surface area contributed by atoms with Crippen LogP contribution in [-0.2, 0) is 4.79 Å². The standard InChI is InChI=1S/C31H29F2N7O3S/c1-3-23(41)40-12-17(13-40)35-29-21-11-20(16-8-10-42-14-16)24(19-6-7-22(32)28-27(19)36-30(34)44-28)25(33)26(21)37-31(38-29)43-15-18-5-4-9-39(18)2/h3,6-8,10-11,14,17-18H,1,4-5,9,12-13,15H2,2H3,(H2,34,36)(H,35,37,38). The molecule has 3 N–H and O–H groups in total. The van der Waals surface area contributed by atoms with Crippen LogP contribution in [0.15, 0.2) is 53.9 Å². The Kier molecular flexibility index (Phi) is 7.13. The van der Waals surface area contributed by atoms with E-state index in [0.717, 1.165) is 30.7 Å². The number of anilines is 2. The van der Waals surface area contributed by atoms with E-state index in [2.05, 4.69) is 31.7 Å². The van der Waals surface area contributed by atoms with E-state index in [0.29, 0.717) is 47.6 Å². The minimum atomic E-state index is -0.650. The van der Waals surface area contributed by atoms with Crippen molar-refractivity contribution in [3.8, 4) is 28.3 Å². The third kappa shape index (κ3) is 4.91. The van der Waals surface area contributed by atoms with Gasteiger partial charge in [-0.05, 0) is 62.3 Å². The number of benzene rings is 2. The predicted octanol–water partition coefficient (Wildman–Crippen LogP) is 5.31. The number of fused-ring (bicyclic) bond motifs is 2. The first kappa shape index (κ1) is 28.2. The summed E-state index contributed by atoms with van der Waals surface area (Å²) in [5, 5.41) is 3.95. The minimum absolute atomic E-state index is 0.0264. The molecule has 2 saturated heterocycles. The molecule has 2 aliphatic heterocycles. The smallest absolute Gasteiger partial charge is 0.319 e. The molecule has 0 aliphatic carbocycles. The molecule has 3 aromatic heterocycles. The highest BCUT2D eigenvalue weighted by atomic mass is 32.1. The lowest BCUT2D eigenvalue weighted by atomic mass is 9.92. The number of nitrogens with zero attached hydrogens (tertiary/aromatic N) is 5. The third-order valence-electron chi connectivity index (χ3n) is 8.31. The van der Waals surface area contributed by atoms with E-state index in [1.165, 1.54) is 30.7 Å². The van der Waals surface area contributed by atoms with Gasteiger partial charge in [0.05, 0.1) is 28.8 Å². The summed E-state index contributed by atoms with van der Waals surface area (Å²) in [4.78, 5) is 29.5. The van der Waals surface area contributed by atoms with E-state index in [9.17, 15) is 9.18 Å². The number of furan rings is 1. The fraction of sp³-hybridized carbons (Fsp3) is 0.290. The van der Waals surface area contributed by atoms with Crippen LogP contribution in [0.4, 0.5) is 19.7 Å². The van der Waals surface area contributed by atoms with Gasteiger partial charge in [0.15, 0.2) is 10.9 Å². The second-order valence-corrected chi connectivity index (χ2v) is 12.1. The van der Waals surface area contributed by atoms with E-state index >= 15 is 4.39 Å². The maximum atomic E-state index is 17.0. The number of nitrogens with one attached hydrogen (secondary N) is 1. The Morgan fingerprint density at radius 1 is 1.23 bits per heavy atom. The van der Waals surface area contributed by atoms with Gasteiger partial charge in [0, 0.05) is 41.2 Å². The van der Waals surface area contributed by atoms with Crippen LogP contribution < -0.4 is 15.8 Å². The van der Waals surface area contributed by atoms with Crippen LogP contribution in [0.1, 0.15) is 12.8 Å². The van der Waals surface area contributed by atoms with Crippen molar-refractivity contribution < 1.29 is 22.7 Å². The van der Waals surface area contributed by atoms with Crippen LogP contribution in [0.5, 0.6) is 6.01 Å². The fourth-order valence-electron chi connectivity index (χ4n) is 5.92. The Bertz CT molecular complexity index is 1910. The molecular formula is C31H29F2N7O3S. The van der Waals surface area contributed by atoms with Crippen molar-refractivity contribution >= 4 is 49.3 Å². The highest BCUT2D eigenvalue weighted by Crippen LogP contribution is 2.44. The summed E-state index contributed by atoms with van der Waals surface area (Å²) >= 11 is 1.00. The molecule has 10 nitrogen and oxygen atoms in total. The van der Waals surface area contributed by atoms with Gasteiger partial charge in [0.25, 0.3) is 0 Å². The quantitative estimate of drug-likeness (QED) is 0.223. The van der Waals surface area contributed by atoms with Crippen LogP contribution in [-0.4, -0.2) is 76.0 Å². The SMILES string of the molecule is C=CC(=O)N1CC(Nc2nc(OCC3CCCN3C)nc3c(F)c(-c4ccc(F)c5sc(N)nc45)c(-c4ccoc4)cc23)C1. The fourth-order valence-corrected chi connectivity index (χ4v) is 6.68. The van der Waals surface area contributed by atoms with Crippen LogP contribution in [0.2, 0.25) is 0 Å². The van der Waals surface area contributed by atoms with Gasteiger partial charge < -0.3 is 30.0 Å². The number of hydrogen-bond donors (Lipinski definition) is 2. The first-order valence-electron chi connectivity index (χ1n) is 14.2. The van der Waals surface area contributed by atoms with Gasteiger partial charge in [0.1, 0.15) is 23.8 Å². The third-order valence-corrected chi connectivity index (χ3v) is 9.20. The molecule has 1 atom stereocenters. The molecule has 2 aromatic carbocycles. The predicted molar refractivity (Wildman–Crippen MR) is 166 cm³/mol. The van der Waals surface area contributed by atoms with E-state index < -0.39 is 11.6 Å². The number of amides is 1. The first-order chi connectivity index (χ1) is 21.3. The molecule has 5 heterocycles. The molecule has 0 radical (unpaired) electrons. The van der Waals surface area contributed by atoms with Crippen LogP contribution in [0.3, 0.4) is 0 Å². The van der Waals surface area contributed by atoms with Gasteiger partial charge >= 0.3 is 6.01 Å². The molecule has 0 spiro atoms. The molecule has 1 unspecified atom stereocenters. The number of ether oxygens (including phenoxy) is 1. The van der Waals surface area contributed by atoms with Gasteiger partial charge in [-0.1, -0.05) is 17.9 Å². The Balaban J connectivity index is 1.39. The number of aromatic nitrogens is 3. The molecule has 2 fully saturated rings. The number of nitrogens with two attached hydrogens (primary N) is 1. The molecule has 44 heavy (non-hydrogen) atoms. The summed E-state index contributed by atoms with van der Waals surface area (Å²) in [7, 11) is 2.04. The number of nitrogen functional groups attached to an aromatic ring is 1. The van der Waals surface area contributed by atoms with Crippen molar-refractivity contribution in [2.24, 2.45) is 0 Å². The summed E-state index contributed by atoms with van der Waals surface area (Å²) in [6.45, 7) is 5.76. The zero-order chi connectivity index (χ0) is 30.5. The average Bonchev–Trinajstić information content (AvgIpc) is 3.76. The van der Waals surface area contributed by atoms with Gasteiger partial charge in [-0.2, -0.15) is 9.97 Å². The molecule has 226 valence electrons. The summed E-state index contributed by atoms with van der Waals surface area (Å²) in [6.07, 6.45) is 6.33. The summed E-state index contributed by atoms with van der Waals surface area (Å²) in [5.74, 6) is -0.928. The highest BCUT2D eigenvalue weighted by molar-refractivity contribution is 7.22. The van der Waals surface area contributed by atoms with Crippen molar-refractivity contribution in [3.63, 3.8) is 0 Å². The zero-order valence-electron chi connectivity index (χ0n) is 23.8. The second kappa shape index (κ2) is 11.1. The van der Waals surface area contributed by atoms with Crippen LogP contribution in [0.25, 0.3) is 43.4 Å². The normalized spacial score (nSPS) is 17.3. The number of likely N-dealkylation sites (N-methyl/N-ethyl adjacent to an activating group) is 1. The van der Waals surface area contributed by atoms with Crippen molar-refractivity contribution in [2.45, 2.75) is 24.9 Å². The maximum Gasteiger partial charge on any atom is 0.319 e. The van der Waals surface area contributed by atoms with E-state index in [1.54, 1.807) is 17.0 Å². The molecule has 5 aromatic rings. The zero-order valence-corrected chi connectivity index (χ0v) is 24.7. The lowest BCUT2D eigenvalue weighted by Crippen LogP contribution is -2.56. The maximum absolute atomic E-state index is 17.0. The number of rotatable bonds is 8. The van der Waals surface area contributed by atoms with E-state index in [1.807, 2.05) is 7.05 Å². The van der Waals surface area contributed by atoms with E-state index in [4.69, 9.17) is 14.9 Å². The summed E-state index contributed by atoms with van der Waals surface area (Å²) in [6, 6.07) is 6.38. The van der Waals surface area contributed by atoms with Crippen molar-refractivity contribution in [1.82, 2.24) is 24.8 Å². The molecule has 2 aliphatic rings. The topological polar surface area (TPSA) is 123 Å². The Labute approximate surface area is 255 Å². The monoisotopic (exact) mass is 617 g/mol. The lowest BCUT2D eigenvalue weighted by molar-refractivity contribution is -0.129. The van der Waals surface area contributed by atoms with Crippen LogP contribution in [0, 0.1) is 11.6 Å². The Morgan fingerprint density at radius 2 is 2.07 bits per heavy atom. The van der Waals surface area contributed by atoms with Gasteiger partial charge in [-0.15, -0.1) is 0 Å². The number of hydrogen-bond acceptors (Lipinski definition) is 10.